The highest BCUT2D eigenvalue weighted by Gasteiger charge is 2.43. The van der Waals surface area contributed by atoms with Crippen LogP contribution in [0.5, 0.6) is 0 Å². The van der Waals surface area contributed by atoms with Gasteiger partial charge in [-0.15, -0.1) is 6.58 Å². The van der Waals surface area contributed by atoms with Crippen LogP contribution < -0.4 is 21.1 Å². The van der Waals surface area contributed by atoms with Crippen molar-refractivity contribution in [1.82, 2.24) is 29.7 Å². The Morgan fingerprint density at radius 2 is 2.15 bits per heavy atom. The number of amides is 1. The Morgan fingerprint density at radius 3 is 2.75 bits per heavy atom. The number of hydrogen-bond acceptors (Lipinski definition) is 8. The number of fused-ring (bicyclic) bond motifs is 1. The van der Waals surface area contributed by atoms with Crippen molar-refractivity contribution in [3.63, 3.8) is 0 Å². The molecule has 2 N–H and O–H groups in total. The van der Waals surface area contributed by atoms with Crippen LogP contribution in [0.25, 0.3) is 11.0 Å². The summed E-state index contributed by atoms with van der Waals surface area (Å²) in [5.74, 6) is 0.716. The quantitative estimate of drug-likeness (QED) is 0.140. The fourth-order valence-corrected chi connectivity index (χ4v) is 5.41. The smallest absolute Gasteiger partial charge is 0.278 e. The molecule has 2 aliphatic rings. The summed E-state index contributed by atoms with van der Waals surface area (Å²) in [6, 6.07) is 6.11. The van der Waals surface area contributed by atoms with Crippen molar-refractivity contribution in [2.45, 2.75) is 46.7 Å². The number of carbonyl (C=O) groups is 1. The van der Waals surface area contributed by atoms with Crippen LogP contribution in [0.4, 0.5) is 17.3 Å². The van der Waals surface area contributed by atoms with Crippen molar-refractivity contribution in [3.05, 3.63) is 65.1 Å². The Hall–Kier alpha value is -4.25. The maximum Gasteiger partial charge on any atom is 0.278 e. The van der Waals surface area contributed by atoms with Crippen LogP contribution in [0.3, 0.4) is 0 Å². The first-order valence-electron chi connectivity index (χ1n) is 13.7. The molecule has 4 heterocycles. The number of benzene rings is 1. The zero-order valence-corrected chi connectivity index (χ0v) is 23.6. The molecule has 11 nitrogen and oxygen atoms in total. The molecule has 210 valence electrons. The van der Waals surface area contributed by atoms with Crippen molar-refractivity contribution in [1.29, 1.82) is 0 Å². The van der Waals surface area contributed by atoms with Gasteiger partial charge in [0.25, 0.3) is 5.56 Å². The summed E-state index contributed by atoms with van der Waals surface area (Å²) in [5.41, 5.74) is 3.81. The molecule has 5 rings (SSSR count). The van der Waals surface area contributed by atoms with E-state index in [4.69, 9.17) is 4.98 Å². The first kappa shape index (κ1) is 27.3. The molecule has 2 fully saturated rings. The number of hydrogen-bond donors (Lipinski definition) is 2. The predicted octanol–water partition coefficient (Wildman–Crippen LogP) is 3.24. The Kier molecular flexibility index (Phi) is 7.57. The molecule has 0 unspecified atom stereocenters. The Bertz CT molecular complexity index is 1540. The highest BCUT2D eigenvalue weighted by molar-refractivity contribution is 5.99. The minimum Gasteiger partial charge on any atom is -0.371 e. The molecule has 0 aliphatic carbocycles. The highest BCUT2D eigenvalue weighted by Crippen LogP contribution is 2.38. The van der Waals surface area contributed by atoms with E-state index in [0.29, 0.717) is 34.6 Å². The molecule has 1 aromatic carbocycles. The van der Waals surface area contributed by atoms with E-state index in [1.807, 2.05) is 26.8 Å². The Labute approximate surface area is 233 Å². The molecule has 3 aromatic rings. The third kappa shape index (κ3) is 5.04. The number of hydrazone groups is 1. The second-order valence-corrected chi connectivity index (χ2v) is 10.9. The Morgan fingerprint density at radius 1 is 1.35 bits per heavy atom. The van der Waals surface area contributed by atoms with Crippen LogP contribution >= 0.6 is 0 Å². The van der Waals surface area contributed by atoms with Crippen LogP contribution in [-0.2, 0) is 11.3 Å². The largest absolute Gasteiger partial charge is 0.371 e. The van der Waals surface area contributed by atoms with Gasteiger partial charge < -0.3 is 15.5 Å². The van der Waals surface area contributed by atoms with Gasteiger partial charge in [-0.05, 0) is 64.0 Å². The van der Waals surface area contributed by atoms with Crippen LogP contribution in [0.15, 0.2) is 59.1 Å². The molecule has 0 saturated carbocycles. The lowest BCUT2D eigenvalue weighted by Crippen LogP contribution is -2.54. The summed E-state index contributed by atoms with van der Waals surface area (Å²) in [6.07, 6.45) is 8.57. The van der Waals surface area contributed by atoms with Gasteiger partial charge in [-0.1, -0.05) is 12.2 Å². The lowest BCUT2D eigenvalue weighted by atomic mass is 9.81. The summed E-state index contributed by atoms with van der Waals surface area (Å²) in [7, 11) is 0. The van der Waals surface area contributed by atoms with Gasteiger partial charge in [-0.2, -0.15) is 10.1 Å². The number of nitrogens with one attached hydrogen (secondary N) is 2. The van der Waals surface area contributed by atoms with E-state index in [1.54, 1.807) is 22.9 Å². The maximum atomic E-state index is 13.3. The van der Waals surface area contributed by atoms with E-state index >= 15 is 0 Å². The van der Waals surface area contributed by atoms with Gasteiger partial charge in [-0.25, -0.2) is 19.4 Å². The molecular formula is C29H37N9O2. The molecular weight excluding hydrogens is 506 g/mol. The molecule has 0 radical (unpaired) electrons. The fourth-order valence-electron chi connectivity index (χ4n) is 5.41. The topological polar surface area (TPSA) is 113 Å². The van der Waals surface area contributed by atoms with E-state index in [1.165, 1.54) is 33.6 Å². The molecule has 40 heavy (non-hydrogen) atoms. The number of allylic oxidation sites excluding steroid dienone is 3. The lowest BCUT2D eigenvalue weighted by molar-refractivity contribution is -0.119. The zero-order chi connectivity index (χ0) is 28.4. The van der Waals surface area contributed by atoms with Gasteiger partial charge in [0.1, 0.15) is 5.39 Å². The molecule has 2 aliphatic heterocycles. The van der Waals surface area contributed by atoms with Crippen molar-refractivity contribution in [2.75, 3.05) is 36.4 Å². The monoisotopic (exact) mass is 543 g/mol. The third-order valence-corrected chi connectivity index (χ3v) is 7.60. The maximum absolute atomic E-state index is 13.3. The first-order valence-corrected chi connectivity index (χ1v) is 13.7. The molecule has 1 amide bonds. The predicted molar refractivity (Wildman–Crippen MR) is 159 cm³/mol. The van der Waals surface area contributed by atoms with E-state index < -0.39 is 0 Å². The molecule has 2 aromatic heterocycles. The zero-order valence-electron chi connectivity index (χ0n) is 23.6. The molecule has 11 heteroatoms. The van der Waals surface area contributed by atoms with Crippen molar-refractivity contribution >= 4 is 40.6 Å². The van der Waals surface area contributed by atoms with Crippen molar-refractivity contribution < 1.29 is 4.79 Å². The fraction of sp³-hybridized carbons (Fsp3) is 0.414. The van der Waals surface area contributed by atoms with E-state index in [9.17, 15) is 9.59 Å². The minimum absolute atomic E-state index is 0.172. The standard InChI is InChI=1S/C29H37N9O2/c1-6-8-25(34-36(19-39)20(3)4)38-26-23(27(40)37(38)12-7-2)15-31-28(33-26)32-22-9-10-24(21(5)14-22)35-13-11-29(18-35)16-30-17-29/h6-10,14-15,19-20,30H,2,11-13,16-18H2,1,3-5H3,(H,31,32,33)/b8-6-,34-25+. The van der Waals surface area contributed by atoms with Gasteiger partial charge >= 0.3 is 0 Å². The number of anilines is 3. The van der Waals surface area contributed by atoms with Crippen molar-refractivity contribution in [3.8, 4) is 0 Å². The summed E-state index contributed by atoms with van der Waals surface area (Å²) < 4.78 is 3.09. The van der Waals surface area contributed by atoms with E-state index in [0.717, 1.165) is 31.9 Å². The van der Waals surface area contributed by atoms with Gasteiger partial charge in [0.15, 0.2) is 11.5 Å². The van der Waals surface area contributed by atoms with Gasteiger partial charge in [-0.3, -0.25) is 9.59 Å². The summed E-state index contributed by atoms with van der Waals surface area (Å²) in [5, 5.41) is 12.9. The molecule has 1 spiro atoms. The Balaban J connectivity index is 1.50. The number of aryl methyl sites for hydroxylation is 1. The summed E-state index contributed by atoms with van der Waals surface area (Å²) in [6.45, 7) is 16.1. The van der Waals surface area contributed by atoms with Crippen molar-refractivity contribution in [2.24, 2.45) is 10.5 Å². The van der Waals surface area contributed by atoms with Crippen LogP contribution in [0.2, 0.25) is 0 Å². The lowest BCUT2D eigenvalue weighted by Gasteiger charge is -2.39. The van der Waals surface area contributed by atoms with E-state index in [-0.39, 0.29) is 18.1 Å². The average molecular weight is 544 g/mol. The van der Waals surface area contributed by atoms with Gasteiger partial charge in [0.2, 0.25) is 12.4 Å². The average Bonchev–Trinajstić information content (AvgIpc) is 3.47. The molecule has 2 saturated heterocycles. The second-order valence-electron chi connectivity index (χ2n) is 10.9. The SMILES string of the molecule is C=CCn1c(=O)c2cnc(Nc3ccc(N4CCC5(CNC5)C4)c(C)c3)nc2n1C(/C=C\C)=N/N(C=O)C(C)C. The normalized spacial score (nSPS) is 16.7. The summed E-state index contributed by atoms with van der Waals surface area (Å²) in [4.78, 5) is 36.7. The number of aromatic nitrogens is 4. The minimum atomic E-state index is -0.272. The van der Waals surface area contributed by atoms with Crippen LogP contribution in [0.1, 0.15) is 32.8 Å². The summed E-state index contributed by atoms with van der Waals surface area (Å²) >= 11 is 0. The third-order valence-electron chi connectivity index (χ3n) is 7.60. The van der Waals surface area contributed by atoms with Crippen LogP contribution in [0, 0.1) is 12.3 Å². The van der Waals surface area contributed by atoms with Gasteiger partial charge in [0.05, 0.1) is 6.54 Å². The number of nitrogens with zero attached hydrogens (tertiary/aromatic N) is 7. The first-order chi connectivity index (χ1) is 19.3. The van der Waals surface area contributed by atoms with E-state index in [2.05, 4.69) is 51.3 Å². The van der Waals surface area contributed by atoms with Crippen LogP contribution in [-0.4, -0.2) is 68.8 Å². The molecule has 0 bridgehead atoms. The second kappa shape index (κ2) is 11.1. The highest BCUT2D eigenvalue weighted by atomic mass is 16.1. The molecule has 0 atom stereocenters. The van der Waals surface area contributed by atoms with Gasteiger partial charge in [0, 0.05) is 55.2 Å². The number of carbonyl (C=O) groups excluding carboxylic acids is 1. The number of rotatable bonds is 9.